The van der Waals surface area contributed by atoms with Crippen molar-refractivity contribution in [3.63, 3.8) is 0 Å². The van der Waals surface area contributed by atoms with Gasteiger partial charge in [0.25, 0.3) is 0 Å². The number of rotatable bonds is 2. The van der Waals surface area contributed by atoms with E-state index in [2.05, 4.69) is 4.31 Å². The number of hydrogen-bond acceptors (Lipinski definition) is 6. The van der Waals surface area contributed by atoms with E-state index in [-0.39, 0.29) is 22.8 Å². The van der Waals surface area contributed by atoms with E-state index in [4.69, 9.17) is 9.79 Å². The van der Waals surface area contributed by atoms with E-state index in [1.54, 1.807) is 0 Å². The van der Waals surface area contributed by atoms with Crippen LogP contribution in [-0.4, -0.2) is 32.6 Å². The Morgan fingerprint density at radius 2 is 1.45 bits per heavy atom. The normalized spacial score (nSPS) is 11.3. The Labute approximate surface area is 72.1 Å². The Hall–Kier alpha value is 0.752. The fourth-order valence-electron chi connectivity index (χ4n) is 0.130. The topological polar surface area (TPSA) is 160 Å². The van der Waals surface area contributed by atoms with Crippen molar-refractivity contribution in [2.75, 3.05) is 0 Å². The molecule has 0 amide bonds. The van der Waals surface area contributed by atoms with Crippen molar-refractivity contribution in [2.45, 2.75) is 0 Å². The molecule has 8 nitrogen and oxygen atoms in total. The first-order chi connectivity index (χ1) is 3.71. The second-order valence-corrected chi connectivity index (χ2v) is 3.55. The predicted molar refractivity (Wildman–Crippen MR) is 28.4 cm³/mol. The number of phosphoric acid groups is 2. The zero-order chi connectivity index (χ0) is 7.71. The third-order valence-electron chi connectivity index (χ3n) is 0.206. The summed E-state index contributed by atoms with van der Waals surface area (Å²) in [6, 6.07) is 0. The summed E-state index contributed by atoms with van der Waals surface area (Å²) in [7, 11) is -10.7. The van der Waals surface area contributed by atoms with Gasteiger partial charge in [0.15, 0.2) is 0 Å². The first kappa shape index (κ1) is 17.7. The monoisotopic (exact) mass is 220 g/mol. The Kier molecular flexibility index (Phi) is 8.72. The molecule has 0 aromatic rings. The average Bonchev–Trinajstić information content (AvgIpc) is 1.14. The van der Waals surface area contributed by atoms with E-state index in [1.165, 1.54) is 0 Å². The van der Waals surface area contributed by atoms with Crippen LogP contribution >= 0.6 is 15.6 Å². The van der Waals surface area contributed by atoms with Crippen LogP contribution in [0.5, 0.6) is 0 Å². The molecule has 0 saturated heterocycles. The van der Waals surface area contributed by atoms with E-state index in [1.807, 2.05) is 0 Å². The molecule has 0 atom stereocenters. The second-order valence-electron chi connectivity index (χ2n) is 1.02. The summed E-state index contributed by atoms with van der Waals surface area (Å²) in [5.74, 6) is 0. The van der Waals surface area contributed by atoms with E-state index in [0.717, 1.165) is 0 Å². The van der Waals surface area contributed by atoms with E-state index < -0.39 is 15.6 Å². The van der Waals surface area contributed by atoms with Crippen LogP contribution in [0, 0.1) is 0 Å². The smallest absolute Gasteiger partial charge is 0.870 e. The Morgan fingerprint density at radius 3 is 1.45 bits per heavy atom. The van der Waals surface area contributed by atoms with E-state index in [9.17, 15) is 18.9 Å². The van der Waals surface area contributed by atoms with Crippen molar-refractivity contribution in [3.05, 3.63) is 0 Å². The maximum atomic E-state index is 9.55. The average molecular weight is 220 g/mol. The predicted octanol–water partition coefficient (Wildman–Crippen LogP) is -2.63. The first-order valence-corrected chi connectivity index (χ1v) is 4.49. The minimum absolute atomic E-state index is 0. The third-order valence-corrected chi connectivity index (χ3v) is 1.86. The van der Waals surface area contributed by atoms with Gasteiger partial charge in [0.1, 0.15) is 0 Å². The van der Waals surface area contributed by atoms with Crippen molar-refractivity contribution in [3.8, 4) is 0 Å². The molecule has 11 heteroatoms. The molecule has 0 bridgehead atoms. The molecule has 0 saturated carbocycles. The fraction of sp³-hybridized carbons (Fsp3) is 0. The van der Waals surface area contributed by atoms with Gasteiger partial charge in [-0.1, -0.05) is 0 Å². The van der Waals surface area contributed by atoms with Crippen molar-refractivity contribution in [2.24, 2.45) is 0 Å². The molecular formula is H3AlO8P2. The van der Waals surface area contributed by atoms with Gasteiger partial charge in [-0.3, -0.25) is 4.31 Å². The Balaban J connectivity index is -0.000000320. The van der Waals surface area contributed by atoms with Crippen molar-refractivity contribution >= 4 is 33.0 Å². The molecule has 0 heterocycles. The summed E-state index contributed by atoms with van der Waals surface area (Å²) < 4.78 is 21.7. The maximum absolute atomic E-state index is 9.55. The van der Waals surface area contributed by atoms with Crippen LogP contribution in [0.4, 0.5) is 0 Å². The molecule has 0 aliphatic carbocycles. The van der Waals surface area contributed by atoms with E-state index >= 15 is 0 Å². The molecule has 0 fully saturated rings. The van der Waals surface area contributed by atoms with Crippen LogP contribution in [0.2, 0.25) is 0 Å². The summed E-state index contributed by atoms with van der Waals surface area (Å²) in [6.45, 7) is 0. The minimum atomic E-state index is -5.55. The zero-order valence-corrected chi connectivity index (χ0v) is 7.80. The third kappa shape index (κ3) is 18.1. The molecule has 0 aromatic carbocycles. The summed E-state index contributed by atoms with van der Waals surface area (Å²) in [5.41, 5.74) is 0. The molecule has 0 aromatic heterocycles. The van der Waals surface area contributed by atoms with Gasteiger partial charge in [0.2, 0.25) is 0 Å². The fourth-order valence-corrected chi connectivity index (χ4v) is 1.17. The molecule has 0 spiro atoms. The van der Waals surface area contributed by atoms with Crippen LogP contribution in [-0.2, 0) is 13.4 Å². The minimum Gasteiger partial charge on any atom is -0.870 e. The summed E-state index contributed by atoms with van der Waals surface area (Å²) in [4.78, 5) is 34.1. The van der Waals surface area contributed by atoms with Gasteiger partial charge in [-0.2, -0.15) is 0 Å². The first-order valence-electron chi connectivity index (χ1n) is 1.50. The zero-order valence-electron chi connectivity index (χ0n) is 4.85. The number of hydrogen-bond donors (Lipinski definition) is 2. The quantitative estimate of drug-likeness (QED) is 0.377. The van der Waals surface area contributed by atoms with Crippen LogP contribution in [0.25, 0.3) is 0 Å². The molecule has 0 aliphatic rings. The SMILES string of the molecule is O=P([O-])([O-])OP(=O)(O)O.[Al+3].[OH-]. The van der Waals surface area contributed by atoms with Crippen LogP contribution in [0.15, 0.2) is 0 Å². The van der Waals surface area contributed by atoms with Crippen LogP contribution in [0.3, 0.4) is 0 Å². The molecule has 0 radical (unpaired) electrons. The van der Waals surface area contributed by atoms with Gasteiger partial charge in [0.05, 0.1) is 7.82 Å². The van der Waals surface area contributed by atoms with Gasteiger partial charge in [-0.15, -0.1) is 0 Å². The van der Waals surface area contributed by atoms with Gasteiger partial charge in [0, 0.05) is 0 Å². The van der Waals surface area contributed by atoms with Gasteiger partial charge in [-0.25, -0.2) is 4.57 Å². The van der Waals surface area contributed by atoms with Crippen molar-refractivity contribution in [1.29, 1.82) is 0 Å². The molecule has 64 valence electrons. The Morgan fingerprint density at radius 1 is 1.18 bits per heavy atom. The maximum Gasteiger partial charge on any atom is 3.00 e. The van der Waals surface area contributed by atoms with Gasteiger partial charge < -0.3 is 29.6 Å². The molecule has 11 heavy (non-hydrogen) atoms. The summed E-state index contributed by atoms with van der Waals surface area (Å²) in [5, 5.41) is 0. The molecular weight excluding hydrogens is 217 g/mol. The molecule has 0 unspecified atom stereocenters. The Bertz CT molecular complexity index is 153. The summed E-state index contributed by atoms with van der Waals surface area (Å²) >= 11 is 0. The second kappa shape index (κ2) is 5.41. The molecule has 0 rings (SSSR count). The summed E-state index contributed by atoms with van der Waals surface area (Å²) in [6.07, 6.45) is 0. The largest absolute Gasteiger partial charge is 3.00 e. The van der Waals surface area contributed by atoms with Gasteiger partial charge in [-0.05, 0) is 0 Å². The van der Waals surface area contributed by atoms with Crippen molar-refractivity contribution < 1.29 is 38.5 Å². The van der Waals surface area contributed by atoms with Crippen LogP contribution in [0.1, 0.15) is 0 Å². The molecule has 0 aliphatic heterocycles. The van der Waals surface area contributed by atoms with E-state index in [0.29, 0.717) is 0 Å². The molecule has 3 N–H and O–H groups in total. The standard InChI is InChI=1S/Al.H4O7P2.H2O/c;1-8(2,3)7-9(4,5)6;/h;(H2,1,2,3)(H2,4,5,6);1H2/q+3;;/p-3. The van der Waals surface area contributed by atoms with Crippen molar-refractivity contribution in [1.82, 2.24) is 0 Å². The van der Waals surface area contributed by atoms with Gasteiger partial charge >= 0.3 is 25.2 Å². The van der Waals surface area contributed by atoms with Crippen LogP contribution < -0.4 is 9.79 Å².